The minimum Gasteiger partial charge on any atom is -0.460 e. The van der Waals surface area contributed by atoms with Gasteiger partial charge in [0, 0.05) is 5.41 Å². The number of hydrogen-bond donors (Lipinski definition) is 0. The van der Waals surface area contributed by atoms with E-state index in [0.29, 0.717) is 5.92 Å². The van der Waals surface area contributed by atoms with Crippen molar-refractivity contribution in [3.8, 4) is 0 Å². The van der Waals surface area contributed by atoms with Gasteiger partial charge in [0.15, 0.2) is 0 Å². The Hall–Kier alpha value is -2.12. The molecule has 8 heteroatoms. The highest BCUT2D eigenvalue weighted by Gasteiger charge is 2.59. The van der Waals surface area contributed by atoms with Crippen LogP contribution in [0.5, 0.6) is 0 Å². The summed E-state index contributed by atoms with van der Waals surface area (Å²) in [7, 11) is 0. The van der Waals surface area contributed by atoms with Gasteiger partial charge in [-0.3, -0.25) is 19.2 Å². The monoisotopic (exact) mass is 917 g/mol. The van der Waals surface area contributed by atoms with E-state index in [1.165, 1.54) is 83.5 Å². The summed E-state index contributed by atoms with van der Waals surface area (Å²) in [5, 5.41) is 0. The van der Waals surface area contributed by atoms with Gasteiger partial charge in [0.25, 0.3) is 0 Å². The van der Waals surface area contributed by atoms with E-state index in [2.05, 4.69) is 41.5 Å². The second-order valence-corrected chi connectivity index (χ2v) is 26.0. The Balaban J connectivity index is 0.000000305. The molecule has 6 rings (SSSR count). The molecule has 6 aliphatic carbocycles. The lowest BCUT2D eigenvalue weighted by Gasteiger charge is -2.61. The molecule has 0 amide bonds. The molecule has 0 radical (unpaired) electrons. The molecule has 6 saturated carbocycles. The molecule has 6 aliphatic rings. The van der Waals surface area contributed by atoms with Crippen molar-refractivity contribution in [1.29, 1.82) is 0 Å². The van der Waals surface area contributed by atoms with Gasteiger partial charge in [0.05, 0.1) is 21.7 Å². The standard InChI is InChI=1S/C19H32O2.C15H28O2.C13H24O2.C10H20O2/c1-6-17(2,3)16(20)21-18(4,5)19-10-13-7-14(11-19)9-15(8-13)12-19;1-6-14(2,3)13(16)17-15(4,5)12-10-8-7-9-11-12;1-5-12(3,4)11(14)15-13(6-2)9-7-8-10-13;1-7-10(5,6)8(11)12-9(2,3)4/h13-15H,6-12H2,1-5H3;12H,6-11H2,1-5H3;5-10H2,1-4H3;7H2,1-6H3. The van der Waals surface area contributed by atoms with Gasteiger partial charge in [-0.1, -0.05) is 53.9 Å². The van der Waals surface area contributed by atoms with Gasteiger partial charge >= 0.3 is 23.9 Å². The average Bonchev–Trinajstić information content (AvgIpc) is 3.69. The molecule has 0 heterocycles. The van der Waals surface area contributed by atoms with E-state index in [1.807, 2.05) is 96.9 Å². The first-order valence-electron chi connectivity index (χ1n) is 26.5. The average molecular weight is 917 g/mol. The lowest BCUT2D eigenvalue weighted by molar-refractivity contribution is -0.206. The van der Waals surface area contributed by atoms with Gasteiger partial charge in [0.2, 0.25) is 0 Å². The van der Waals surface area contributed by atoms with E-state index in [4.69, 9.17) is 18.9 Å². The van der Waals surface area contributed by atoms with E-state index in [0.717, 1.165) is 62.7 Å². The van der Waals surface area contributed by atoms with Crippen LogP contribution in [0.2, 0.25) is 0 Å². The number of esters is 4. The number of rotatable bonds is 14. The fourth-order valence-corrected chi connectivity index (χ4v) is 10.5. The predicted octanol–water partition coefficient (Wildman–Crippen LogP) is 15.7. The van der Waals surface area contributed by atoms with Crippen LogP contribution in [0.3, 0.4) is 0 Å². The minimum absolute atomic E-state index is 0.00857. The van der Waals surface area contributed by atoms with E-state index in [1.54, 1.807) is 0 Å². The summed E-state index contributed by atoms with van der Waals surface area (Å²) in [5.74, 6) is 3.04. The molecule has 65 heavy (non-hydrogen) atoms. The molecule has 4 bridgehead atoms. The zero-order valence-electron chi connectivity index (χ0n) is 46.2. The molecule has 0 N–H and O–H groups in total. The number of carbonyl (C=O) groups excluding carboxylic acids is 4. The summed E-state index contributed by atoms with van der Waals surface area (Å²) in [6.07, 6.45) is 23.2. The molecular weight excluding hydrogens is 813 g/mol. The Morgan fingerprint density at radius 2 is 0.815 bits per heavy atom. The first-order chi connectivity index (χ1) is 29.6. The van der Waals surface area contributed by atoms with Gasteiger partial charge in [-0.25, -0.2) is 0 Å². The van der Waals surface area contributed by atoms with Crippen LogP contribution < -0.4 is 0 Å². The van der Waals surface area contributed by atoms with Crippen molar-refractivity contribution in [3.05, 3.63) is 0 Å². The van der Waals surface area contributed by atoms with Crippen LogP contribution in [0.15, 0.2) is 0 Å². The van der Waals surface area contributed by atoms with E-state index < -0.39 is 0 Å². The summed E-state index contributed by atoms with van der Waals surface area (Å²) >= 11 is 0. The fourth-order valence-electron chi connectivity index (χ4n) is 10.5. The van der Waals surface area contributed by atoms with Crippen molar-refractivity contribution in [2.24, 2.45) is 50.7 Å². The number of carbonyl (C=O) groups is 4. The Bertz CT molecular complexity index is 1490. The largest absolute Gasteiger partial charge is 0.460 e. The highest BCUT2D eigenvalue weighted by atomic mass is 16.6. The smallest absolute Gasteiger partial charge is 0.312 e. The lowest BCUT2D eigenvalue weighted by Crippen LogP contribution is -2.58. The molecule has 0 aliphatic heterocycles. The SMILES string of the molecule is CCC(C)(C)C(=O)OC(C)(C)C.CCC(C)(C)C(=O)OC(C)(C)C12CC3CC(CC(C3)C1)C2.CCC(C)(C)C(=O)OC(C)(C)C1CCCCC1.CCC1(OC(=O)C(C)(C)CC)CCCC1. The van der Waals surface area contributed by atoms with Gasteiger partial charge in [-0.15, -0.1) is 0 Å². The molecule has 0 spiro atoms. The van der Waals surface area contributed by atoms with Crippen molar-refractivity contribution < 1.29 is 38.1 Å². The number of hydrogen-bond acceptors (Lipinski definition) is 8. The third-order valence-electron chi connectivity index (χ3n) is 17.2. The van der Waals surface area contributed by atoms with Crippen LogP contribution in [0, 0.1) is 50.7 Å². The van der Waals surface area contributed by atoms with Crippen LogP contribution in [0.4, 0.5) is 0 Å². The third-order valence-corrected chi connectivity index (χ3v) is 17.2. The molecule has 0 unspecified atom stereocenters. The second kappa shape index (κ2) is 23.0. The first kappa shape index (κ1) is 59.0. The zero-order valence-corrected chi connectivity index (χ0v) is 46.2. The minimum atomic E-state index is -0.372. The highest BCUT2D eigenvalue weighted by molar-refractivity contribution is 5.77. The molecular formula is C57H104O8. The van der Waals surface area contributed by atoms with Crippen molar-refractivity contribution in [1.82, 2.24) is 0 Å². The summed E-state index contributed by atoms with van der Waals surface area (Å²) in [4.78, 5) is 48.2. The molecule has 0 saturated heterocycles. The third kappa shape index (κ3) is 16.5. The van der Waals surface area contributed by atoms with Gasteiger partial charge in [-0.05, 0) is 237 Å². The van der Waals surface area contributed by atoms with Crippen molar-refractivity contribution >= 4 is 23.9 Å². The van der Waals surface area contributed by atoms with Crippen LogP contribution in [-0.4, -0.2) is 46.3 Å². The summed E-state index contributed by atoms with van der Waals surface area (Å²) in [5.41, 5.74) is -2.27. The van der Waals surface area contributed by atoms with E-state index in [-0.39, 0.29) is 73.4 Å². The van der Waals surface area contributed by atoms with E-state index in [9.17, 15) is 19.2 Å². The topological polar surface area (TPSA) is 105 Å². The Morgan fingerprint density at radius 1 is 0.462 bits per heavy atom. The van der Waals surface area contributed by atoms with Crippen LogP contribution in [0.1, 0.15) is 267 Å². The maximum absolute atomic E-state index is 12.6. The Kier molecular flexibility index (Phi) is 20.9. The molecule has 0 aromatic heterocycles. The van der Waals surface area contributed by atoms with Gasteiger partial charge in [0.1, 0.15) is 22.4 Å². The molecule has 0 aromatic rings. The van der Waals surface area contributed by atoms with Crippen molar-refractivity contribution in [3.63, 3.8) is 0 Å². The summed E-state index contributed by atoms with van der Waals surface area (Å²) in [6.45, 7) is 40.1. The van der Waals surface area contributed by atoms with Crippen LogP contribution in [-0.2, 0) is 38.1 Å². The van der Waals surface area contributed by atoms with Crippen molar-refractivity contribution in [2.75, 3.05) is 0 Å². The predicted molar refractivity (Wildman–Crippen MR) is 267 cm³/mol. The van der Waals surface area contributed by atoms with Gasteiger partial charge < -0.3 is 18.9 Å². The van der Waals surface area contributed by atoms with Gasteiger partial charge in [-0.2, -0.15) is 0 Å². The van der Waals surface area contributed by atoms with Crippen LogP contribution >= 0.6 is 0 Å². The fraction of sp³-hybridized carbons (Fsp3) is 0.930. The quantitative estimate of drug-likeness (QED) is 0.125. The summed E-state index contributed by atoms with van der Waals surface area (Å²) < 4.78 is 23.0. The Labute approximate surface area is 400 Å². The Morgan fingerprint density at radius 3 is 1.17 bits per heavy atom. The molecule has 380 valence electrons. The molecule has 0 atom stereocenters. The first-order valence-corrected chi connectivity index (χ1v) is 26.5. The normalized spacial score (nSPS) is 24.5. The van der Waals surface area contributed by atoms with E-state index >= 15 is 0 Å². The molecule has 6 fully saturated rings. The zero-order chi connectivity index (χ0) is 50.1. The van der Waals surface area contributed by atoms with Crippen LogP contribution in [0.25, 0.3) is 0 Å². The maximum Gasteiger partial charge on any atom is 0.312 e. The molecule has 0 aromatic carbocycles. The number of ether oxygens (including phenoxy) is 4. The maximum atomic E-state index is 12.6. The molecule has 8 nitrogen and oxygen atoms in total. The summed E-state index contributed by atoms with van der Waals surface area (Å²) in [6, 6.07) is 0. The highest BCUT2D eigenvalue weighted by Crippen LogP contribution is 2.64. The van der Waals surface area contributed by atoms with Crippen molar-refractivity contribution in [2.45, 2.75) is 289 Å². The second-order valence-electron chi connectivity index (χ2n) is 26.0. The lowest BCUT2D eigenvalue weighted by atomic mass is 9.46.